The number of halogens is 2. The molecule has 0 aliphatic carbocycles. The molecule has 2 rings (SSSR count). The van der Waals surface area contributed by atoms with Gasteiger partial charge in [0.05, 0.1) is 0 Å². The van der Waals surface area contributed by atoms with E-state index < -0.39 is 0 Å². The van der Waals surface area contributed by atoms with Gasteiger partial charge in [-0.05, 0) is 0 Å². The van der Waals surface area contributed by atoms with Crippen LogP contribution in [0.2, 0.25) is 0 Å². The van der Waals surface area contributed by atoms with Gasteiger partial charge in [-0.1, -0.05) is 41.5 Å². The van der Waals surface area contributed by atoms with Crippen molar-refractivity contribution in [3.05, 3.63) is 57.6 Å². The van der Waals surface area contributed by atoms with Crippen LogP contribution in [0.25, 0.3) is 0 Å². The molecule has 2 aromatic rings. The Balaban J connectivity index is -0.000000233. The van der Waals surface area contributed by atoms with E-state index in [4.69, 9.17) is 0 Å². The van der Waals surface area contributed by atoms with Crippen LogP contribution in [0.4, 0.5) is 0 Å². The molecule has 0 aliphatic rings. The zero-order valence-corrected chi connectivity index (χ0v) is 18.2. The van der Waals surface area contributed by atoms with Crippen molar-refractivity contribution < 1.29 is 60.2 Å². The Kier molecular flexibility index (Phi) is 14.5. The van der Waals surface area contributed by atoms with E-state index >= 15 is 0 Å². The quantitative estimate of drug-likeness (QED) is 0.423. The molecule has 0 N–H and O–H groups in total. The Bertz CT molecular complexity index is 384. The SMILES string of the molecule is Cc1cc[c-](C)c1C.Cc1cc[c-](C)c1C.[Br-].[Br-].[Zr+4]. The second kappa shape index (κ2) is 11.2. The molecule has 0 bridgehead atoms. The summed E-state index contributed by atoms with van der Waals surface area (Å²) in [7, 11) is 0. The molecule has 0 aliphatic heterocycles. The van der Waals surface area contributed by atoms with Gasteiger partial charge in [0.15, 0.2) is 0 Å². The summed E-state index contributed by atoms with van der Waals surface area (Å²) in [4.78, 5) is 0. The number of hydrogen-bond donors (Lipinski definition) is 0. The van der Waals surface area contributed by atoms with Crippen LogP contribution in [-0.4, -0.2) is 0 Å². The van der Waals surface area contributed by atoms with Crippen LogP contribution >= 0.6 is 0 Å². The standard InChI is InChI=1S/2C8H11.2BrH.Zr/c2*1-6-4-5-7(2)8(6)3;;;/h2*4-5H,1-3H3;2*1H;/q2*-1;;;+4/p-2. The molecule has 0 spiro atoms. The third kappa shape index (κ3) is 7.20. The fourth-order valence-electron chi connectivity index (χ4n) is 1.62. The topological polar surface area (TPSA) is 0 Å². The largest absolute Gasteiger partial charge is 4.00 e. The van der Waals surface area contributed by atoms with Gasteiger partial charge in [-0.25, -0.2) is 12.1 Å². The van der Waals surface area contributed by atoms with Crippen molar-refractivity contribution in [2.45, 2.75) is 41.5 Å². The Labute approximate surface area is 158 Å². The minimum atomic E-state index is 0. The molecular formula is C16H22Br2Zr. The molecule has 0 aromatic heterocycles. The van der Waals surface area contributed by atoms with Crippen LogP contribution in [0.3, 0.4) is 0 Å². The third-order valence-electron chi connectivity index (χ3n) is 3.53. The summed E-state index contributed by atoms with van der Waals surface area (Å²) in [6, 6.07) is 8.63. The van der Waals surface area contributed by atoms with Crippen molar-refractivity contribution in [1.29, 1.82) is 0 Å². The first-order valence-corrected chi connectivity index (χ1v) is 5.82. The average molecular weight is 465 g/mol. The minimum Gasteiger partial charge on any atom is -1.00 e. The monoisotopic (exact) mass is 462 g/mol. The van der Waals surface area contributed by atoms with E-state index in [0.717, 1.165) is 0 Å². The minimum absolute atomic E-state index is 0. The first-order chi connectivity index (χ1) is 7.43. The van der Waals surface area contributed by atoms with Crippen LogP contribution in [0.1, 0.15) is 33.4 Å². The van der Waals surface area contributed by atoms with Gasteiger partial charge >= 0.3 is 26.2 Å². The van der Waals surface area contributed by atoms with E-state index in [1.54, 1.807) is 0 Å². The van der Waals surface area contributed by atoms with E-state index in [2.05, 4.69) is 65.8 Å². The Morgan fingerprint density at radius 2 is 0.947 bits per heavy atom. The normalized spacial score (nSPS) is 8.32. The van der Waals surface area contributed by atoms with Crippen molar-refractivity contribution >= 4 is 0 Å². The fraction of sp³-hybridized carbons (Fsp3) is 0.375. The van der Waals surface area contributed by atoms with E-state index in [9.17, 15) is 0 Å². The summed E-state index contributed by atoms with van der Waals surface area (Å²) >= 11 is 0. The Morgan fingerprint density at radius 1 is 0.684 bits per heavy atom. The maximum atomic E-state index is 2.16. The maximum Gasteiger partial charge on any atom is 4.00 e. The van der Waals surface area contributed by atoms with Crippen LogP contribution in [-0.2, 0) is 26.2 Å². The molecule has 3 heteroatoms. The molecule has 0 heterocycles. The zero-order valence-electron chi connectivity index (χ0n) is 12.6. The first-order valence-electron chi connectivity index (χ1n) is 5.82. The van der Waals surface area contributed by atoms with E-state index in [1.807, 2.05) is 0 Å². The molecule has 0 amide bonds. The Hall–Kier alpha value is 0.543. The predicted octanol–water partition coefficient (Wildman–Crippen LogP) is -1.33. The molecular weight excluding hydrogens is 443 g/mol. The molecule has 0 saturated heterocycles. The summed E-state index contributed by atoms with van der Waals surface area (Å²) in [5, 5.41) is 0. The van der Waals surface area contributed by atoms with Gasteiger partial charge in [0.1, 0.15) is 0 Å². The molecule has 0 saturated carbocycles. The van der Waals surface area contributed by atoms with Crippen molar-refractivity contribution in [3.63, 3.8) is 0 Å². The first kappa shape index (κ1) is 24.6. The molecule has 0 nitrogen and oxygen atoms in total. The van der Waals surface area contributed by atoms with Gasteiger partial charge in [0.2, 0.25) is 0 Å². The predicted molar refractivity (Wildman–Crippen MR) is 72.5 cm³/mol. The second-order valence-electron chi connectivity index (χ2n) is 4.65. The van der Waals surface area contributed by atoms with Crippen molar-refractivity contribution in [3.8, 4) is 0 Å². The molecule has 0 atom stereocenters. The Morgan fingerprint density at radius 3 is 1.00 bits per heavy atom. The number of rotatable bonds is 0. The molecule has 0 radical (unpaired) electrons. The smallest absolute Gasteiger partial charge is 1.00 e. The van der Waals surface area contributed by atoms with Crippen LogP contribution in [0, 0.1) is 41.5 Å². The van der Waals surface area contributed by atoms with Crippen molar-refractivity contribution in [1.82, 2.24) is 0 Å². The summed E-state index contributed by atoms with van der Waals surface area (Å²) in [5.74, 6) is 0. The zero-order chi connectivity index (χ0) is 12.3. The van der Waals surface area contributed by atoms with Crippen LogP contribution in [0.15, 0.2) is 24.3 Å². The molecule has 2 aromatic carbocycles. The molecule has 19 heavy (non-hydrogen) atoms. The third-order valence-corrected chi connectivity index (χ3v) is 3.53. The van der Waals surface area contributed by atoms with Crippen LogP contribution < -0.4 is 34.0 Å². The van der Waals surface area contributed by atoms with Gasteiger partial charge < -0.3 is 34.0 Å². The van der Waals surface area contributed by atoms with E-state index in [-0.39, 0.29) is 60.2 Å². The maximum absolute atomic E-state index is 2.16. The van der Waals surface area contributed by atoms with Gasteiger partial charge in [0, 0.05) is 0 Å². The van der Waals surface area contributed by atoms with Gasteiger partial charge in [0.25, 0.3) is 0 Å². The second-order valence-corrected chi connectivity index (χ2v) is 4.65. The van der Waals surface area contributed by atoms with Gasteiger partial charge in [-0.2, -0.15) is 45.5 Å². The molecule has 104 valence electrons. The van der Waals surface area contributed by atoms with E-state index in [0.29, 0.717) is 0 Å². The van der Waals surface area contributed by atoms with Gasteiger partial charge in [-0.15, -0.1) is 0 Å². The fourth-order valence-corrected chi connectivity index (χ4v) is 1.62. The summed E-state index contributed by atoms with van der Waals surface area (Å²) in [6.07, 6.45) is 0. The molecule has 0 fully saturated rings. The molecule has 0 unspecified atom stereocenters. The van der Waals surface area contributed by atoms with Gasteiger partial charge in [-0.3, -0.25) is 0 Å². The summed E-state index contributed by atoms with van der Waals surface area (Å²) in [5.41, 5.74) is 8.49. The number of aryl methyl sites for hydroxylation is 4. The van der Waals surface area contributed by atoms with Crippen molar-refractivity contribution in [2.75, 3.05) is 0 Å². The van der Waals surface area contributed by atoms with Crippen molar-refractivity contribution in [2.24, 2.45) is 0 Å². The summed E-state index contributed by atoms with van der Waals surface area (Å²) in [6.45, 7) is 12.9. The number of hydrogen-bond acceptors (Lipinski definition) is 0. The average Bonchev–Trinajstić information content (AvgIpc) is 2.70. The van der Waals surface area contributed by atoms with E-state index in [1.165, 1.54) is 33.4 Å². The van der Waals surface area contributed by atoms with Crippen LogP contribution in [0.5, 0.6) is 0 Å². The summed E-state index contributed by atoms with van der Waals surface area (Å²) < 4.78 is 0.